The van der Waals surface area contributed by atoms with Gasteiger partial charge in [-0.3, -0.25) is 19.2 Å². The Kier molecular flexibility index (Phi) is 10.4. The molecule has 1 heterocycles. The summed E-state index contributed by atoms with van der Waals surface area (Å²) in [6, 6.07) is -4.48. The minimum absolute atomic E-state index is 0.304. The van der Waals surface area contributed by atoms with Crippen LogP contribution in [-0.4, -0.2) is 81.8 Å². The monoisotopic (exact) mass is 444 g/mol. The molecule has 0 bridgehead atoms. The van der Waals surface area contributed by atoms with Gasteiger partial charge in [0, 0.05) is 6.42 Å². The Hall–Kier alpha value is -2.73. The van der Waals surface area contributed by atoms with E-state index >= 15 is 0 Å². The van der Waals surface area contributed by atoms with Crippen LogP contribution in [0.3, 0.4) is 0 Å². The van der Waals surface area contributed by atoms with E-state index in [2.05, 4.69) is 21.3 Å². The standard InChI is InChI=1S/C19H32N4O8/c1-9(2)14(19(30)31)22-17(28)12(6-7-13(25)26)21-18(29)15(10(3)24)23-16(27)11-5-4-8-20-11/h9-12,14-15,20,24H,4-8H2,1-3H3,(H,21,29)(H,22,28)(H,23,27)(H,25,26)(H,30,31). The van der Waals surface area contributed by atoms with Crippen LogP contribution in [0.25, 0.3) is 0 Å². The SMILES string of the molecule is CC(C)C(NC(=O)C(CCC(=O)O)NC(=O)C(NC(=O)C1CCCN1)C(C)O)C(=O)O. The van der Waals surface area contributed by atoms with Crippen LogP contribution in [0.4, 0.5) is 0 Å². The molecule has 0 aromatic heterocycles. The highest BCUT2D eigenvalue weighted by molar-refractivity contribution is 5.94. The largest absolute Gasteiger partial charge is 0.481 e. The van der Waals surface area contributed by atoms with Crippen molar-refractivity contribution in [3.8, 4) is 0 Å². The maximum atomic E-state index is 12.7. The molecule has 0 spiro atoms. The van der Waals surface area contributed by atoms with Crippen molar-refractivity contribution in [1.29, 1.82) is 0 Å². The summed E-state index contributed by atoms with van der Waals surface area (Å²) in [5, 5.41) is 38.2. The number of carbonyl (C=O) groups is 5. The van der Waals surface area contributed by atoms with E-state index in [1.807, 2.05) is 0 Å². The van der Waals surface area contributed by atoms with Crippen molar-refractivity contribution >= 4 is 29.7 Å². The number of aliphatic hydroxyl groups is 1. The molecule has 0 aromatic carbocycles. The molecule has 3 amide bonds. The quantitative estimate of drug-likeness (QED) is 0.181. The summed E-state index contributed by atoms with van der Waals surface area (Å²) in [7, 11) is 0. The van der Waals surface area contributed by atoms with Gasteiger partial charge in [-0.15, -0.1) is 0 Å². The first kappa shape index (κ1) is 26.3. The molecule has 1 aliphatic rings. The lowest BCUT2D eigenvalue weighted by atomic mass is 10.0. The van der Waals surface area contributed by atoms with Crippen LogP contribution in [0, 0.1) is 5.92 Å². The first-order valence-electron chi connectivity index (χ1n) is 10.2. The number of nitrogens with one attached hydrogen (secondary N) is 4. The smallest absolute Gasteiger partial charge is 0.326 e. The summed E-state index contributed by atoms with van der Waals surface area (Å²) in [6.07, 6.45) is -0.690. The molecular weight excluding hydrogens is 412 g/mol. The second kappa shape index (κ2) is 12.2. The van der Waals surface area contributed by atoms with Crippen molar-refractivity contribution in [3.63, 3.8) is 0 Å². The molecule has 1 saturated heterocycles. The third kappa shape index (κ3) is 8.50. The Bertz CT molecular complexity index is 676. The average Bonchev–Trinajstić information content (AvgIpc) is 3.20. The van der Waals surface area contributed by atoms with Crippen LogP contribution in [0.15, 0.2) is 0 Å². The number of amides is 3. The van der Waals surface area contributed by atoms with Crippen molar-refractivity contribution in [2.24, 2.45) is 5.92 Å². The molecule has 0 aliphatic carbocycles. The summed E-state index contributed by atoms with van der Waals surface area (Å²) in [5.74, 6) is -5.17. The second-order valence-electron chi connectivity index (χ2n) is 7.94. The maximum Gasteiger partial charge on any atom is 0.326 e. The number of carboxylic acid groups (broad SMARTS) is 2. The van der Waals surface area contributed by atoms with Gasteiger partial charge in [-0.2, -0.15) is 0 Å². The normalized spacial score (nSPS) is 19.7. The van der Waals surface area contributed by atoms with Crippen LogP contribution in [0.1, 0.15) is 46.5 Å². The Morgan fingerprint density at radius 1 is 0.968 bits per heavy atom. The van der Waals surface area contributed by atoms with E-state index in [9.17, 15) is 34.2 Å². The van der Waals surface area contributed by atoms with Crippen LogP contribution in [0.5, 0.6) is 0 Å². The van der Waals surface area contributed by atoms with Gasteiger partial charge in [0.2, 0.25) is 17.7 Å². The van der Waals surface area contributed by atoms with Crippen LogP contribution in [0.2, 0.25) is 0 Å². The molecule has 176 valence electrons. The van der Waals surface area contributed by atoms with Gasteiger partial charge in [-0.1, -0.05) is 13.8 Å². The minimum atomic E-state index is -1.38. The fourth-order valence-electron chi connectivity index (χ4n) is 3.13. The van der Waals surface area contributed by atoms with Crippen molar-refractivity contribution < 1.29 is 39.3 Å². The third-order valence-corrected chi connectivity index (χ3v) is 4.95. The Balaban J connectivity index is 2.91. The predicted octanol–water partition coefficient (Wildman–Crippen LogP) is -1.82. The summed E-state index contributed by atoms with van der Waals surface area (Å²) in [6.45, 7) is 5.11. The molecule has 12 heteroatoms. The third-order valence-electron chi connectivity index (χ3n) is 4.95. The zero-order chi connectivity index (χ0) is 23.7. The van der Waals surface area contributed by atoms with Gasteiger partial charge >= 0.3 is 11.9 Å². The van der Waals surface area contributed by atoms with Gasteiger partial charge in [0.25, 0.3) is 0 Å². The minimum Gasteiger partial charge on any atom is -0.481 e. The second-order valence-corrected chi connectivity index (χ2v) is 7.94. The fourth-order valence-corrected chi connectivity index (χ4v) is 3.13. The topological polar surface area (TPSA) is 194 Å². The van der Waals surface area contributed by atoms with E-state index in [1.54, 1.807) is 13.8 Å². The molecule has 5 atom stereocenters. The highest BCUT2D eigenvalue weighted by atomic mass is 16.4. The molecule has 5 unspecified atom stereocenters. The van der Waals surface area contributed by atoms with Crippen molar-refractivity contribution in [2.45, 2.75) is 76.7 Å². The molecular formula is C19H32N4O8. The van der Waals surface area contributed by atoms with Crippen molar-refractivity contribution in [3.05, 3.63) is 0 Å². The van der Waals surface area contributed by atoms with Crippen LogP contribution >= 0.6 is 0 Å². The van der Waals surface area contributed by atoms with Crippen molar-refractivity contribution in [2.75, 3.05) is 6.54 Å². The number of rotatable bonds is 12. The van der Waals surface area contributed by atoms with Gasteiger partial charge in [0.1, 0.15) is 18.1 Å². The molecule has 0 saturated carbocycles. The van der Waals surface area contributed by atoms with E-state index in [-0.39, 0.29) is 6.42 Å². The van der Waals surface area contributed by atoms with E-state index in [4.69, 9.17) is 5.11 Å². The van der Waals surface area contributed by atoms with Crippen molar-refractivity contribution in [1.82, 2.24) is 21.3 Å². The zero-order valence-corrected chi connectivity index (χ0v) is 17.9. The van der Waals surface area contributed by atoms with Gasteiger partial charge in [0.05, 0.1) is 12.1 Å². The Morgan fingerprint density at radius 3 is 2.06 bits per heavy atom. The van der Waals surface area contributed by atoms with Gasteiger partial charge < -0.3 is 36.6 Å². The summed E-state index contributed by atoms with van der Waals surface area (Å²) >= 11 is 0. The number of hydrogen-bond acceptors (Lipinski definition) is 7. The number of aliphatic carboxylic acids is 2. The molecule has 0 aromatic rings. The Morgan fingerprint density at radius 2 is 1.61 bits per heavy atom. The molecule has 1 rings (SSSR count). The first-order chi connectivity index (χ1) is 14.4. The van der Waals surface area contributed by atoms with Crippen LogP contribution < -0.4 is 21.3 Å². The number of carbonyl (C=O) groups excluding carboxylic acids is 3. The van der Waals surface area contributed by atoms with E-state index in [0.29, 0.717) is 13.0 Å². The zero-order valence-electron chi connectivity index (χ0n) is 17.9. The van der Waals surface area contributed by atoms with Crippen LogP contribution in [-0.2, 0) is 24.0 Å². The molecule has 31 heavy (non-hydrogen) atoms. The lowest BCUT2D eigenvalue weighted by Crippen LogP contribution is -2.60. The molecule has 1 fully saturated rings. The predicted molar refractivity (Wildman–Crippen MR) is 108 cm³/mol. The average molecular weight is 444 g/mol. The van der Waals surface area contributed by atoms with Gasteiger partial charge in [-0.05, 0) is 38.6 Å². The maximum absolute atomic E-state index is 12.7. The van der Waals surface area contributed by atoms with Gasteiger partial charge in [-0.25, -0.2) is 4.79 Å². The number of hydrogen-bond donors (Lipinski definition) is 7. The molecule has 12 nitrogen and oxygen atoms in total. The van der Waals surface area contributed by atoms with E-state index < -0.39 is 72.3 Å². The first-order valence-corrected chi connectivity index (χ1v) is 10.2. The fraction of sp³-hybridized carbons (Fsp3) is 0.737. The molecule has 7 N–H and O–H groups in total. The molecule has 1 aliphatic heterocycles. The summed E-state index contributed by atoms with van der Waals surface area (Å²) in [5.41, 5.74) is 0. The molecule has 0 radical (unpaired) electrons. The van der Waals surface area contributed by atoms with E-state index in [1.165, 1.54) is 6.92 Å². The summed E-state index contributed by atoms with van der Waals surface area (Å²) in [4.78, 5) is 59.9. The number of aliphatic hydroxyl groups excluding tert-OH is 1. The summed E-state index contributed by atoms with van der Waals surface area (Å²) < 4.78 is 0. The lowest BCUT2D eigenvalue weighted by Gasteiger charge is -2.27. The highest BCUT2D eigenvalue weighted by Crippen LogP contribution is 2.08. The van der Waals surface area contributed by atoms with E-state index in [0.717, 1.165) is 6.42 Å². The highest BCUT2D eigenvalue weighted by Gasteiger charge is 2.34. The Labute approximate surface area is 180 Å². The lowest BCUT2D eigenvalue weighted by molar-refractivity contribution is -0.144. The van der Waals surface area contributed by atoms with Gasteiger partial charge in [0.15, 0.2) is 0 Å². The number of carboxylic acids is 2.